The van der Waals surface area contributed by atoms with Gasteiger partial charge >= 0.3 is 0 Å². The third-order valence-corrected chi connectivity index (χ3v) is 7.11. The molecule has 5 rings (SSSR count). The number of morpholine rings is 1. The van der Waals surface area contributed by atoms with Gasteiger partial charge in [-0.05, 0) is 41.8 Å². The predicted molar refractivity (Wildman–Crippen MR) is 132 cm³/mol. The summed E-state index contributed by atoms with van der Waals surface area (Å²) >= 11 is 1.59. The number of thiazole rings is 1. The highest BCUT2D eigenvalue weighted by Gasteiger charge is 2.23. The molecule has 1 fully saturated rings. The fourth-order valence-electron chi connectivity index (χ4n) is 4.31. The van der Waals surface area contributed by atoms with E-state index in [9.17, 15) is 4.79 Å². The van der Waals surface area contributed by atoms with Gasteiger partial charge in [-0.15, -0.1) is 0 Å². The summed E-state index contributed by atoms with van der Waals surface area (Å²) in [6, 6.07) is 20.2. The molecular formula is C26H27N3O2S. The molecule has 32 heavy (non-hydrogen) atoms. The lowest BCUT2D eigenvalue weighted by molar-refractivity contribution is 0.0376. The molecule has 0 spiro atoms. The van der Waals surface area contributed by atoms with Crippen molar-refractivity contribution in [3.63, 3.8) is 0 Å². The summed E-state index contributed by atoms with van der Waals surface area (Å²) < 4.78 is 6.58. The number of amides is 1. The van der Waals surface area contributed by atoms with Gasteiger partial charge in [0.25, 0.3) is 5.91 Å². The molecular weight excluding hydrogens is 418 g/mol. The number of para-hydroxylation sites is 1. The maximum Gasteiger partial charge on any atom is 0.260 e. The molecule has 1 aromatic heterocycles. The van der Waals surface area contributed by atoms with Crippen molar-refractivity contribution < 1.29 is 9.53 Å². The lowest BCUT2D eigenvalue weighted by atomic mass is 10.0. The summed E-state index contributed by atoms with van der Waals surface area (Å²) in [5.41, 5.74) is 2.85. The second kappa shape index (κ2) is 9.36. The average molecular weight is 446 g/mol. The normalized spacial score (nSPS) is 14.8. The van der Waals surface area contributed by atoms with Crippen molar-refractivity contribution in [1.29, 1.82) is 0 Å². The lowest BCUT2D eigenvalue weighted by Gasteiger charge is -2.28. The van der Waals surface area contributed by atoms with Crippen LogP contribution in [0.4, 0.5) is 5.13 Å². The highest BCUT2D eigenvalue weighted by molar-refractivity contribution is 7.22. The molecule has 0 atom stereocenters. The third-order valence-electron chi connectivity index (χ3n) is 6.07. The first-order chi connectivity index (χ1) is 15.7. The SMILES string of the molecule is Cc1cccc2sc(N(CCCN3CCOCC3)C(=O)c3cccc4ccccc34)nc12. The van der Waals surface area contributed by atoms with E-state index in [1.165, 1.54) is 0 Å². The summed E-state index contributed by atoms with van der Waals surface area (Å²) in [5, 5.41) is 2.83. The van der Waals surface area contributed by atoms with Gasteiger partial charge in [0, 0.05) is 31.7 Å². The zero-order valence-electron chi connectivity index (χ0n) is 18.3. The van der Waals surface area contributed by atoms with Crippen LogP contribution >= 0.6 is 11.3 Å². The number of rotatable bonds is 6. The molecule has 1 saturated heterocycles. The third kappa shape index (κ3) is 4.26. The molecule has 0 radical (unpaired) electrons. The van der Waals surface area contributed by atoms with E-state index in [4.69, 9.17) is 9.72 Å². The minimum absolute atomic E-state index is 0.0143. The van der Waals surface area contributed by atoms with E-state index in [-0.39, 0.29) is 5.91 Å². The number of anilines is 1. The van der Waals surface area contributed by atoms with Gasteiger partial charge in [-0.3, -0.25) is 14.6 Å². The van der Waals surface area contributed by atoms with Crippen LogP contribution in [0.15, 0.2) is 60.7 Å². The molecule has 1 amide bonds. The second-order valence-corrected chi connectivity index (χ2v) is 9.22. The van der Waals surface area contributed by atoms with Gasteiger partial charge in [-0.1, -0.05) is 59.9 Å². The summed E-state index contributed by atoms with van der Waals surface area (Å²) in [6.07, 6.45) is 0.894. The number of nitrogens with zero attached hydrogens (tertiary/aromatic N) is 3. The van der Waals surface area contributed by atoms with Crippen LogP contribution in [-0.4, -0.2) is 55.2 Å². The first kappa shape index (κ1) is 21.1. The van der Waals surface area contributed by atoms with E-state index in [0.717, 1.165) is 76.5 Å². The largest absolute Gasteiger partial charge is 0.379 e. The Labute approximate surface area is 192 Å². The van der Waals surface area contributed by atoms with Gasteiger partial charge in [0.1, 0.15) is 0 Å². The molecule has 0 unspecified atom stereocenters. The van der Waals surface area contributed by atoms with Crippen molar-refractivity contribution in [1.82, 2.24) is 9.88 Å². The minimum Gasteiger partial charge on any atom is -0.379 e. The Hall–Kier alpha value is -2.80. The van der Waals surface area contributed by atoms with E-state index in [1.54, 1.807) is 11.3 Å². The fourth-order valence-corrected chi connectivity index (χ4v) is 5.38. The molecule has 164 valence electrons. The Morgan fingerprint density at radius 3 is 2.69 bits per heavy atom. The average Bonchev–Trinajstić information content (AvgIpc) is 3.27. The Morgan fingerprint density at radius 2 is 1.84 bits per heavy atom. The van der Waals surface area contributed by atoms with E-state index in [0.29, 0.717) is 6.54 Å². The molecule has 0 saturated carbocycles. The molecule has 0 aliphatic carbocycles. The standard InChI is InChI=1S/C26H27N3O2S/c1-19-7-4-12-23-24(19)27-26(32-23)29(14-6-13-28-15-17-31-18-16-28)25(30)22-11-5-9-20-8-2-3-10-21(20)22/h2-5,7-12H,6,13-18H2,1H3. The number of carbonyl (C=O) groups is 1. The number of carbonyl (C=O) groups excluding carboxylic acids is 1. The molecule has 2 heterocycles. The molecule has 5 nitrogen and oxygen atoms in total. The molecule has 1 aliphatic rings. The maximum atomic E-state index is 13.9. The Bertz CT molecular complexity index is 1240. The van der Waals surface area contributed by atoms with E-state index >= 15 is 0 Å². The van der Waals surface area contributed by atoms with Gasteiger partial charge < -0.3 is 4.74 Å². The van der Waals surface area contributed by atoms with Crippen LogP contribution in [-0.2, 0) is 4.74 Å². The van der Waals surface area contributed by atoms with Gasteiger partial charge in [-0.25, -0.2) is 4.98 Å². The van der Waals surface area contributed by atoms with E-state index < -0.39 is 0 Å². The van der Waals surface area contributed by atoms with E-state index in [2.05, 4.69) is 42.2 Å². The second-order valence-electron chi connectivity index (χ2n) is 8.21. The fraction of sp³-hybridized carbons (Fsp3) is 0.308. The molecule has 3 aromatic carbocycles. The number of aryl methyl sites for hydroxylation is 1. The van der Waals surface area contributed by atoms with Gasteiger partial charge in [0.15, 0.2) is 5.13 Å². The lowest BCUT2D eigenvalue weighted by Crippen LogP contribution is -2.39. The number of ether oxygens (including phenoxy) is 1. The maximum absolute atomic E-state index is 13.9. The van der Waals surface area contributed by atoms with Crippen molar-refractivity contribution in [3.8, 4) is 0 Å². The first-order valence-electron chi connectivity index (χ1n) is 11.2. The zero-order valence-corrected chi connectivity index (χ0v) is 19.1. The first-order valence-corrected chi connectivity index (χ1v) is 12.0. The van der Waals surface area contributed by atoms with Gasteiger partial charge in [0.05, 0.1) is 23.4 Å². The molecule has 4 aromatic rings. The minimum atomic E-state index is 0.0143. The van der Waals surface area contributed by atoms with E-state index in [1.807, 2.05) is 35.2 Å². The highest BCUT2D eigenvalue weighted by atomic mass is 32.1. The van der Waals surface area contributed by atoms with Crippen LogP contribution in [0.3, 0.4) is 0 Å². The smallest absolute Gasteiger partial charge is 0.260 e. The topological polar surface area (TPSA) is 45.7 Å². The number of fused-ring (bicyclic) bond motifs is 2. The molecule has 0 bridgehead atoms. The van der Waals surface area contributed by atoms with Crippen molar-refractivity contribution in [3.05, 3.63) is 71.8 Å². The number of aromatic nitrogens is 1. The van der Waals surface area contributed by atoms with Crippen LogP contribution in [0.2, 0.25) is 0 Å². The molecule has 1 aliphatic heterocycles. The summed E-state index contributed by atoms with van der Waals surface area (Å²) in [5.74, 6) is 0.0143. The monoisotopic (exact) mass is 445 g/mol. The van der Waals surface area contributed by atoms with Gasteiger partial charge in [-0.2, -0.15) is 0 Å². The van der Waals surface area contributed by atoms with Crippen molar-refractivity contribution in [2.45, 2.75) is 13.3 Å². The van der Waals surface area contributed by atoms with Crippen molar-refractivity contribution >= 4 is 43.4 Å². The van der Waals surface area contributed by atoms with Crippen LogP contribution in [0.1, 0.15) is 22.3 Å². The summed E-state index contributed by atoms with van der Waals surface area (Å²) in [4.78, 5) is 23.0. The number of benzene rings is 3. The van der Waals surface area contributed by atoms with Crippen LogP contribution < -0.4 is 4.90 Å². The Kier molecular flexibility index (Phi) is 6.17. The van der Waals surface area contributed by atoms with Crippen molar-refractivity contribution in [2.24, 2.45) is 0 Å². The molecule has 0 N–H and O–H groups in total. The Morgan fingerprint density at radius 1 is 1.06 bits per heavy atom. The van der Waals surface area contributed by atoms with Crippen molar-refractivity contribution in [2.75, 3.05) is 44.3 Å². The van der Waals surface area contributed by atoms with Crippen LogP contribution in [0, 0.1) is 6.92 Å². The van der Waals surface area contributed by atoms with Crippen LogP contribution in [0.5, 0.6) is 0 Å². The summed E-state index contributed by atoms with van der Waals surface area (Å²) in [6.45, 7) is 7.15. The summed E-state index contributed by atoms with van der Waals surface area (Å²) in [7, 11) is 0. The molecule has 6 heteroatoms. The zero-order chi connectivity index (χ0) is 21.9. The quantitative estimate of drug-likeness (QED) is 0.413. The number of hydrogen-bond acceptors (Lipinski definition) is 5. The van der Waals surface area contributed by atoms with Crippen LogP contribution in [0.25, 0.3) is 21.0 Å². The predicted octanol–water partition coefficient (Wildman–Crippen LogP) is 5.13. The number of hydrogen-bond donors (Lipinski definition) is 0. The van der Waals surface area contributed by atoms with Gasteiger partial charge in [0.2, 0.25) is 0 Å². The Balaban J connectivity index is 1.47. The highest BCUT2D eigenvalue weighted by Crippen LogP contribution is 2.32.